The molecule has 1 N–H and O–H groups in total. The van der Waals surface area contributed by atoms with Crippen molar-refractivity contribution in [1.29, 1.82) is 0 Å². The van der Waals surface area contributed by atoms with Gasteiger partial charge in [0.15, 0.2) is 5.76 Å². The van der Waals surface area contributed by atoms with E-state index in [0.29, 0.717) is 12.3 Å². The molecule has 27 heavy (non-hydrogen) atoms. The first kappa shape index (κ1) is 19.3. The van der Waals surface area contributed by atoms with Crippen LogP contribution in [-0.4, -0.2) is 12.5 Å². The number of aryl methyl sites for hydroxylation is 2. The maximum Gasteiger partial charge on any atom is 0.287 e. The van der Waals surface area contributed by atoms with Gasteiger partial charge in [0.2, 0.25) is 0 Å². The molecule has 1 aromatic heterocycles. The maximum absolute atomic E-state index is 12.2. The lowest BCUT2D eigenvalue weighted by atomic mass is 10.1. The summed E-state index contributed by atoms with van der Waals surface area (Å²) in [6.45, 7) is 4.77. The van der Waals surface area contributed by atoms with Crippen LogP contribution >= 0.6 is 11.8 Å². The van der Waals surface area contributed by atoms with E-state index in [2.05, 4.69) is 67.7 Å². The average Bonchev–Trinajstić information content (AvgIpc) is 3.12. The Kier molecular flexibility index (Phi) is 6.77. The van der Waals surface area contributed by atoms with Crippen LogP contribution in [0.5, 0.6) is 0 Å². The first-order chi connectivity index (χ1) is 13.1. The molecule has 1 amide bonds. The van der Waals surface area contributed by atoms with E-state index in [1.807, 2.05) is 6.07 Å². The van der Waals surface area contributed by atoms with Gasteiger partial charge in [0.05, 0.1) is 5.75 Å². The molecule has 0 aliphatic rings. The zero-order chi connectivity index (χ0) is 19.1. The average molecular weight is 380 g/mol. The van der Waals surface area contributed by atoms with Gasteiger partial charge in [0, 0.05) is 12.3 Å². The zero-order valence-electron chi connectivity index (χ0n) is 15.8. The molecule has 0 spiro atoms. The lowest BCUT2D eigenvalue weighted by Crippen LogP contribution is -2.25. The van der Waals surface area contributed by atoms with Crippen molar-refractivity contribution < 1.29 is 9.21 Å². The van der Waals surface area contributed by atoms with E-state index in [-0.39, 0.29) is 5.91 Å². The summed E-state index contributed by atoms with van der Waals surface area (Å²) in [6.07, 6.45) is 0.811. The smallest absolute Gasteiger partial charge is 0.287 e. The van der Waals surface area contributed by atoms with Crippen molar-refractivity contribution in [3.63, 3.8) is 0 Å². The fraction of sp³-hybridized carbons (Fsp3) is 0.261. The normalized spacial score (nSPS) is 10.7. The van der Waals surface area contributed by atoms with Crippen LogP contribution in [0.25, 0.3) is 0 Å². The summed E-state index contributed by atoms with van der Waals surface area (Å²) in [4.78, 5) is 12.2. The third-order valence-corrected chi connectivity index (χ3v) is 5.33. The van der Waals surface area contributed by atoms with Gasteiger partial charge in [-0.2, -0.15) is 0 Å². The van der Waals surface area contributed by atoms with Crippen molar-refractivity contribution in [2.75, 3.05) is 6.54 Å². The van der Waals surface area contributed by atoms with Crippen molar-refractivity contribution in [2.45, 2.75) is 31.8 Å². The molecule has 3 aromatic rings. The topological polar surface area (TPSA) is 42.2 Å². The Morgan fingerprint density at radius 3 is 2.52 bits per heavy atom. The molecule has 0 aliphatic heterocycles. The molecule has 3 rings (SSSR count). The third-order valence-electron chi connectivity index (χ3n) is 4.30. The van der Waals surface area contributed by atoms with Crippen molar-refractivity contribution in [1.82, 2.24) is 5.32 Å². The zero-order valence-corrected chi connectivity index (χ0v) is 16.6. The predicted octanol–water partition coefficient (Wildman–Crippen LogP) is 5.30. The highest BCUT2D eigenvalue weighted by molar-refractivity contribution is 7.97. The Morgan fingerprint density at radius 2 is 1.74 bits per heavy atom. The van der Waals surface area contributed by atoms with Crippen LogP contribution in [0.3, 0.4) is 0 Å². The molecule has 0 aliphatic carbocycles. The number of hydrogen-bond donors (Lipinski definition) is 1. The third kappa shape index (κ3) is 6.04. The van der Waals surface area contributed by atoms with Crippen LogP contribution in [0.15, 0.2) is 65.1 Å². The summed E-state index contributed by atoms with van der Waals surface area (Å²) in [5.74, 6) is 2.74. The van der Waals surface area contributed by atoms with Gasteiger partial charge < -0.3 is 9.73 Å². The molecule has 4 heteroatoms. The number of benzene rings is 2. The van der Waals surface area contributed by atoms with E-state index in [1.165, 1.54) is 22.3 Å². The molecule has 3 nitrogen and oxygen atoms in total. The monoisotopic (exact) mass is 379 g/mol. The van der Waals surface area contributed by atoms with Crippen molar-refractivity contribution >= 4 is 17.7 Å². The minimum atomic E-state index is -0.156. The second kappa shape index (κ2) is 9.47. The molecule has 0 fully saturated rings. The lowest BCUT2D eigenvalue weighted by Gasteiger charge is -2.04. The second-order valence-electron chi connectivity index (χ2n) is 6.74. The largest absolute Gasteiger partial charge is 0.455 e. The second-order valence-corrected chi connectivity index (χ2v) is 7.72. The van der Waals surface area contributed by atoms with E-state index in [9.17, 15) is 4.79 Å². The number of thioether (sulfide) groups is 1. The summed E-state index contributed by atoms with van der Waals surface area (Å²) < 4.78 is 5.69. The highest BCUT2D eigenvalue weighted by Crippen LogP contribution is 2.20. The first-order valence-corrected chi connectivity index (χ1v) is 10.3. The Labute approximate surface area is 165 Å². The number of rotatable bonds is 8. The summed E-state index contributed by atoms with van der Waals surface area (Å²) in [5, 5.41) is 2.92. The van der Waals surface area contributed by atoms with E-state index >= 15 is 0 Å². The van der Waals surface area contributed by atoms with Crippen LogP contribution < -0.4 is 5.32 Å². The highest BCUT2D eigenvalue weighted by atomic mass is 32.2. The van der Waals surface area contributed by atoms with Gasteiger partial charge in [0.25, 0.3) is 5.91 Å². The predicted molar refractivity (Wildman–Crippen MR) is 112 cm³/mol. The highest BCUT2D eigenvalue weighted by Gasteiger charge is 2.10. The number of carbonyl (C=O) groups excluding carboxylic acids is 1. The summed E-state index contributed by atoms with van der Waals surface area (Å²) >= 11 is 1.78. The standard InChI is InChI=1S/C23H25NO2S/c1-17-6-8-19(9-7-17)12-13-24-23(25)22-11-10-21(26-22)16-27-15-20-5-3-4-18(2)14-20/h3-11,14H,12-13,15-16H2,1-2H3,(H,24,25). The number of hydrogen-bond acceptors (Lipinski definition) is 3. The van der Waals surface area contributed by atoms with Crippen molar-refractivity contribution in [3.8, 4) is 0 Å². The van der Waals surface area contributed by atoms with Gasteiger partial charge in [0.1, 0.15) is 5.76 Å². The van der Waals surface area contributed by atoms with Gasteiger partial charge >= 0.3 is 0 Å². The summed E-state index contributed by atoms with van der Waals surface area (Å²) in [5.41, 5.74) is 5.04. The molecule has 2 aromatic carbocycles. The fourth-order valence-corrected chi connectivity index (χ4v) is 3.68. The van der Waals surface area contributed by atoms with Gasteiger partial charge in [-0.1, -0.05) is 59.7 Å². The molecule has 140 valence electrons. The molecule has 0 atom stereocenters. The van der Waals surface area contributed by atoms with Crippen molar-refractivity contribution in [2.24, 2.45) is 0 Å². The SMILES string of the molecule is Cc1ccc(CCNC(=O)c2ccc(CSCc3cccc(C)c3)o2)cc1. The van der Waals surface area contributed by atoms with E-state index < -0.39 is 0 Å². The number of amides is 1. The maximum atomic E-state index is 12.2. The molecular weight excluding hydrogens is 354 g/mol. The summed E-state index contributed by atoms with van der Waals surface area (Å²) in [6, 6.07) is 20.5. The minimum absolute atomic E-state index is 0.156. The van der Waals surface area contributed by atoms with Crippen LogP contribution in [0, 0.1) is 13.8 Å². The fourth-order valence-electron chi connectivity index (χ4n) is 2.81. The number of carbonyl (C=O) groups is 1. The van der Waals surface area contributed by atoms with Gasteiger partial charge in [-0.25, -0.2) is 0 Å². The summed E-state index contributed by atoms with van der Waals surface area (Å²) in [7, 11) is 0. The van der Waals surface area contributed by atoms with E-state index in [4.69, 9.17) is 4.42 Å². The van der Waals surface area contributed by atoms with Gasteiger partial charge in [-0.05, 0) is 43.5 Å². The molecule has 0 radical (unpaired) electrons. The van der Waals surface area contributed by atoms with Gasteiger partial charge in [-0.15, -0.1) is 11.8 Å². The quantitative estimate of drug-likeness (QED) is 0.577. The van der Waals surface area contributed by atoms with Crippen LogP contribution in [-0.2, 0) is 17.9 Å². The Morgan fingerprint density at radius 1 is 0.926 bits per heavy atom. The molecule has 0 unspecified atom stereocenters. The first-order valence-electron chi connectivity index (χ1n) is 9.16. The van der Waals surface area contributed by atoms with E-state index in [0.717, 1.165) is 23.7 Å². The van der Waals surface area contributed by atoms with E-state index in [1.54, 1.807) is 17.8 Å². The van der Waals surface area contributed by atoms with Gasteiger partial charge in [-0.3, -0.25) is 4.79 Å². The number of furan rings is 1. The van der Waals surface area contributed by atoms with Crippen LogP contribution in [0.4, 0.5) is 0 Å². The Bertz CT molecular complexity index is 883. The molecule has 1 heterocycles. The van der Waals surface area contributed by atoms with Crippen LogP contribution in [0.1, 0.15) is 38.6 Å². The Hall–Kier alpha value is -2.46. The Balaban J connectivity index is 1.42. The molecule has 0 saturated heterocycles. The molecule has 0 saturated carbocycles. The minimum Gasteiger partial charge on any atom is -0.455 e. The lowest BCUT2D eigenvalue weighted by molar-refractivity contribution is 0.0925. The molecular formula is C23H25NO2S. The molecule has 0 bridgehead atoms. The van der Waals surface area contributed by atoms with Crippen molar-refractivity contribution in [3.05, 3.63) is 94.4 Å². The van der Waals surface area contributed by atoms with Crippen LogP contribution in [0.2, 0.25) is 0 Å². The number of nitrogens with one attached hydrogen (secondary N) is 1.